The molecular formula is C17H19F4N3O. The summed E-state index contributed by atoms with van der Waals surface area (Å²) in [5.74, 6) is -0.524. The predicted octanol–water partition coefficient (Wildman–Crippen LogP) is 3.55. The van der Waals surface area contributed by atoms with Gasteiger partial charge in [-0.1, -0.05) is 13.3 Å². The Hall–Kier alpha value is -2.06. The number of hydrogen-bond donors (Lipinski definition) is 2. The van der Waals surface area contributed by atoms with E-state index in [2.05, 4.69) is 15.3 Å². The fourth-order valence-corrected chi connectivity index (χ4v) is 2.33. The van der Waals surface area contributed by atoms with E-state index in [0.717, 1.165) is 25.1 Å². The molecule has 2 aromatic heterocycles. The van der Waals surface area contributed by atoms with Gasteiger partial charge in [-0.15, -0.1) is 0 Å². The number of nitrogens with one attached hydrogen (secondary N) is 1. The zero-order valence-electron chi connectivity index (χ0n) is 13.6. The van der Waals surface area contributed by atoms with Crippen molar-refractivity contribution >= 4 is 0 Å². The standard InChI is InChI=1S/C17H19F4N3O/c1-2-3-12(10-25)22-9-15-13(18)5-6-14(24-15)11-4-7-16(23-8-11)17(19,20)21/h4-8,12,22,25H,2-3,9-10H2,1H3/t12-/m1/s1. The zero-order valence-corrected chi connectivity index (χ0v) is 13.6. The Bertz CT molecular complexity index is 689. The first-order valence-corrected chi connectivity index (χ1v) is 7.88. The fourth-order valence-electron chi connectivity index (χ4n) is 2.33. The van der Waals surface area contributed by atoms with Crippen molar-refractivity contribution in [2.45, 2.75) is 38.5 Å². The summed E-state index contributed by atoms with van der Waals surface area (Å²) in [5, 5.41) is 12.3. The largest absolute Gasteiger partial charge is 0.433 e. The van der Waals surface area contributed by atoms with Crippen LogP contribution in [0.4, 0.5) is 17.6 Å². The third-order valence-corrected chi connectivity index (χ3v) is 3.68. The molecule has 0 unspecified atom stereocenters. The number of alkyl halides is 3. The molecule has 0 fully saturated rings. The lowest BCUT2D eigenvalue weighted by Gasteiger charge is -2.15. The summed E-state index contributed by atoms with van der Waals surface area (Å²) in [6.45, 7) is 2.01. The van der Waals surface area contributed by atoms with Crippen LogP contribution in [0.5, 0.6) is 0 Å². The highest BCUT2D eigenvalue weighted by molar-refractivity contribution is 5.58. The Labute approximate surface area is 142 Å². The lowest BCUT2D eigenvalue weighted by molar-refractivity contribution is -0.141. The number of pyridine rings is 2. The second kappa shape index (κ2) is 8.35. The molecule has 2 N–H and O–H groups in total. The van der Waals surface area contributed by atoms with Gasteiger partial charge in [-0.25, -0.2) is 9.37 Å². The third-order valence-electron chi connectivity index (χ3n) is 3.68. The van der Waals surface area contributed by atoms with Crippen molar-refractivity contribution in [1.82, 2.24) is 15.3 Å². The van der Waals surface area contributed by atoms with Crippen molar-refractivity contribution in [3.05, 3.63) is 47.7 Å². The van der Waals surface area contributed by atoms with E-state index in [-0.39, 0.29) is 24.9 Å². The van der Waals surface area contributed by atoms with Crippen molar-refractivity contribution in [2.24, 2.45) is 0 Å². The van der Waals surface area contributed by atoms with Crippen molar-refractivity contribution < 1.29 is 22.7 Å². The summed E-state index contributed by atoms with van der Waals surface area (Å²) in [4.78, 5) is 7.54. The van der Waals surface area contributed by atoms with Crippen molar-refractivity contribution in [1.29, 1.82) is 0 Å². The van der Waals surface area contributed by atoms with E-state index in [0.29, 0.717) is 11.3 Å². The predicted molar refractivity (Wildman–Crippen MR) is 85.0 cm³/mol. The van der Waals surface area contributed by atoms with Crippen LogP contribution in [0.15, 0.2) is 30.5 Å². The van der Waals surface area contributed by atoms with Crippen molar-refractivity contribution in [2.75, 3.05) is 6.61 Å². The van der Waals surface area contributed by atoms with Crippen molar-refractivity contribution in [3.63, 3.8) is 0 Å². The topological polar surface area (TPSA) is 58.0 Å². The van der Waals surface area contributed by atoms with Crippen LogP contribution >= 0.6 is 0 Å². The minimum atomic E-state index is -4.51. The summed E-state index contributed by atoms with van der Waals surface area (Å²) in [5.41, 5.74) is -0.172. The molecular weight excluding hydrogens is 338 g/mol. The molecule has 0 aliphatic carbocycles. The molecule has 2 heterocycles. The number of halogens is 4. The first-order valence-electron chi connectivity index (χ1n) is 7.88. The minimum Gasteiger partial charge on any atom is -0.395 e. The molecule has 1 atom stereocenters. The van der Waals surface area contributed by atoms with Gasteiger partial charge in [-0.2, -0.15) is 13.2 Å². The summed E-state index contributed by atoms with van der Waals surface area (Å²) in [6.07, 6.45) is -1.84. The Morgan fingerprint density at radius 2 is 1.96 bits per heavy atom. The van der Waals surface area contributed by atoms with E-state index in [4.69, 9.17) is 0 Å². The lowest BCUT2D eigenvalue weighted by atomic mass is 10.1. The highest BCUT2D eigenvalue weighted by atomic mass is 19.4. The molecule has 25 heavy (non-hydrogen) atoms. The number of hydrogen-bond acceptors (Lipinski definition) is 4. The summed E-state index contributed by atoms with van der Waals surface area (Å²) in [6, 6.07) is 4.55. The number of nitrogens with zero attached hydrogens (tertiary/aromatic N) is 2. The maximum Gasteiger partial charge on any atom is 0.433 e. The average molecular weight is 357 g/mol. The summed E-state index contributed by atoms with van der Waals surface area (Å²) < 4.78 is 51.6. The first kappa shape index (κ1) is 19.3. The molecule has 0 aliphatic heterocycles. The fraction of sp³-hybridized carbons (Fsp3) is 0.412. The third kappa shape index (κ3) is 5.20. The summed E-state index contributed by atoms with van der Waals surface area (Å²) in [7, 11) is 0. The van der Waals surface area contributed by atoms with Crippen LogP contribution in [-0.4, -0.2) is 27.7 Å². The molecule has 0 amide bonds. The quantitative estimate of drug-likeness (QED) is 0.744. The number of rotatable bonds is 7. The van der Waals surface area contributed by atoms with Crippen molar-refractivity contribution in [3.8, 4) is 11.3 Å². The van der Waals surface area contributed by atoms with Gasteiger partial charge in [0.05, 0.1) is 18.0 Å². The second-order valence-electron chi connectivity index (χ2n) is 5.60. The minimum absolute atomic E-state index is 0.0715. The highest BCUT2D eigenvalue weighted by Gasteiger charge is 2.32. The Morgan fingerprint density at radius 3 is 2.52 bits per heavy atom. The normalized spacial score (nSPS) is 13.0. The molecule has 136 valence electrons. The maximum absolute atomic E-state index is 13.9. The van der Waals surface area contributed by atoms with E-state index in [9.17, 15) is 22.7 Å². The van der Waals surface area contributed by atoms with Crippen LogP contribution in [0.25, 0.3) is 11.3 Å². The molecule has 2 rings (SSSR count). The highest BCUT2D eigenvalue weighted by Crippen LogP contribution is 2.28. The van der Waals surface area contributed by atoms with Crippen LogP contribution < -0.4 is 5.32 Å². The van der Waals surface area contributed by atoms with Crippen LogP contribution in [-0.2, 0) is 12.7 Å². The Kier molecular flexibility index (Phi) is 6.44. The van der Waals surface area contributed by atoms with E-state index >= 15 is 0 Å². The molecule has 0 aliphatic rings. The molecule has 2 aromatic rings. The van der Waals surface area contributed by atoms with Crippen LogP contribution in [0.3, 0.4) is 0 Å². The molecule has 8 heteroatoms. The lowest BCUT2D eigenvalue weighted by Crippen LogP contribution is -2.32. The molecule has 0 aromatic carbocycles. The van der Waals surface area contributed by atoms with Gasteiger partial charge in [-0.3, -0.25) is 4.98 Å². The number of aromatic nitrogens is 2. The SMILES string of the molecule is CCC[C@H](CO)NCc1nc(-c2ccc(C(F)(F)F)nc2)ccc1F. The van der Waals surface area contributed by atoms with E-state index in [1.165, 1.54) is 18.2 Å². The molecule has 4 nitrogen and oxygen atoms in total. The van der Waals surface area contributed by atoms with Crippen LogP contribution in [0.2, 0.25) is 0 Å². The molecule has 0 radical (unpaired) electrons. The smallest absolute Gasteiger partial charge is 0.395 e. The maximum atomic E-state index is 13.9. The summed E-state index contributed by atoms with van der Waals surface area (Å²) >= 11 is 0. The Morgan fingerprint density at radius 1 is 1.20 bits per heavy atom. The van der Waals surface area contributed by atoms with Gasteiger partial charge in [0.1, 0.15) is 11.5 Å². The van der Waals surface area contributed by atoms with Gasteiger partial charge < -0.3 is 10.4 Å². The van der Waals surface area contributed by atoms with Gasteiger partial charge in [0, 0.05) is 24.3 Å². The monoisotopic (exact) mass is 357 g/mol. The second-order valence-corrected chi connectivity index (χ2v) is 5.60. The van der Waals surface area contributed by atoms with Crippen LogP contribution in [0, 0.1) is 5.82 Å². The van der Waals surface area contributed by atoms with E-state index in [1.807, 2.05) is 6.92 Å². The van der Waals surface area contributed by atoms with Gasteiger partial charge in [0.25, 0.3) is 0 Å². The molecule has 0 bridgehead atoms. The van der Waals surface area contributed by atoms with E-state index in [1.54, 1.807) is 0 Å². The number of aliphatic hydroxyl groups excluding tert-OH is 1. The van der Waals surface area contributed by atoms with Gasteiger partial charge in [0.15, 0.2) is 0 Å². The molecule has 0 saturated carbocycles. The van der Waals surface area contributed by atoms with Gasteiger partial charge in [0.2, 0.25) is 0 Å². The number of aliphatic hydroxyl groups is 1. The molecule has 0 spiro atoms. The van der Waals surface area contributed by atoms with Gasteiger partial charge in [-0.05, 0) is 30.7 Å². The zero-order chi connectivity index (χ0) is 18.4. The molecule has 0 saturated heterocycles. The average Bonchev–Trinajstić information content (AvgIpc) is 2.59. The van der Waals surface area contributed by atoms with Crippen LogP contribution in [0.1, 0.15) is 31.2 Å². The van der Waals surface area contributed by atoms with E-state index < -0.39 is 17.7 Å². The Balaban J connectivity index is 2.17. The van der Waals surface area contributed by atoms with Gasteiger partial charge >= 0.3 is 6.18 Å². The first-order chi connectivity index (χ1) is 11.8.